The Bertz CT molecular complexity index is 927. The molecule has 1 atom stereocenters. The lowest BCUT2D eigenvalue weighted by Gasteiger charge is -2.39. The molecule has 0 saturated carbocycles. The third kappa shape index (κ3) is 7.03. The number of pyridine rings is 1. The van der Waals surface area contributed by atoms with Crippen molar-refractivity contribution in [2.75, 3.05) is 57.3 Å². The van der Waals surface area contributed by atoms with Crippen molar-refractivity contribution in [1.29, 1.82) is 0 Å². The van der Waals surface area contributed by atoms with E-state index in [0.717, 1.165) is 70.0 Å². The van der Waals surface area contributed by atoms with Gasteiger partial charge in [-0.3, -0.25) is 9.69 Å². The van der Waals surface area contributed by atoms with Crippen molar-refractivity contribution in [3.8, 4) is 5.75 Å². The number of aromatic nitrogens is 1. The van der Waals surface area contributed by atoms with Crippen molar-refractivity contribution < 1.29 is 14.3 Å². The van der Waals surface area contributed by atoms with Crippen molar-refractivity contribution in [1.82, 2.24) is 14.8 Å². The number of ketones is 1. The topological polar surface area (TPSA) is 66.0 Å². The summed E-state index contributed by atoms with van der Waals surface area (Å²) < 4.78 is 5.76. The standard InChI is InChI=1S/C27H36N4O3/c1-22(32)7-8-23-9-11-25(12-10-23)34-21-27(33)31-14-4-5-24(20-31)19-29-15-17-30(18-16-29)26-6-2-3-13-28-26/h2-3,6,9-13,24H,4-5,7-8,14-21H2,1H3. The van der Waals surface area contributed by atoms with E-state index < -0.39 is 0 Å². The maximum atomic E-state index is 12.8. The zero-order chi connectivity index (χ0) is 23.8. The Hall–Kier alpha value is -2.93. The molecule has 2 saturated heterocycles. The summed E-state index contributed by atoms with van der Waals surface area (Å²) in [6.07, 6.45) is 5.36. The molecule has 0 radical (unpaired) electrons. The van der Waals surface area contributed by atoms with Gasteiger partial charge in [0.1, 0.15) is 17.4 Å². The molecule has 2 aliphatic rings. The maximum absolute atomic E-state index is 12.8. The Kier molecular flexibility index (Phi) is 8.52. The number of anilines is 1. The Balaban J connectivity index is 1.18. The fourth-order valence-corrected chi connectivity index (χ4v) is 4.82. The van der Waals surface area contributed by atoms with Crippen LogP contribution in [0.15, 0.2) is 48.7 Å². The Morgan fingerprint density at radius 3 is 2.53 bits per heavy atom. The molecule has 1 aromatic heterocycles. The third-order valence-corrected chi connectivity index (χ3v) is 6.79. The van der Waals surface area contributed by atoms with Crippen LogP contribution in [-0.4, -0.2) is 78.9 Å². The number of rotatable bonds is 9. The molecule has 0 aliphatic carbocycles. The van der Waals surface area contributed by atoms with Crippen LogP contribution in [0, 0.1) is 5.92 Å². The summed E-state index contributed by atoms with van der Waals surface area (Å²) in [4.78, 5) is 35.2. The summed E-state index contributed by atoms with van der Waals surface area (Å²) in [6, 6.07) is 13.8. The quantitative estimate of drug-likeness (QED) is 0.568. The lowest BCUT2D eigenvalue weighted by molar-refractivity contribution is -0.135. The Morgan fingerprint density at radius 1 is 1.03 bits per heavy atom. The number of piperidine rings is 1. The summed E-state index contributed by atoms with van der Waals surface area (Å²) in [7, 11) is 0. The first-order valence-electron chi connectivity index (χ1n) is 12.4. The van der Waals surface area contributed by atoms with E-state index in [4.69, 9.17) is 4.74 Å². The van der Waals surface area contributed by atoms with Crippen LogP contribution in [0.4, 0.5) is 5.82 Å². The number of piperazine rings is 1. The van der Waals surface area contributed by atoms with Crippen LogP contribution >= 0.6 is 0 Å². The van der Waals surface area contributed by atoms with Crippen LogP contribution in [0.25, 0.3) is 0 Å². The largest absolute Gasteiger partial charge is 0.484 e. The number of likely N-dealkylation sites (tertiary alicyclic amines) is 1. The average molecular weight is 465 g/mol. The number of aryl methyl sites for hydroxylation is 1. The highest BCUT2D eigenvalue weighted by Crippen LogP contribution is 2.20. The minimum Gasteiger partial charge on any atom is -0.484 e. The van der Waals surface area contributed by atoms with Crippen LogP contribution in [0.5, 0.6) is 5.75 Å². The van der Waals surface area contributed by atoms with Crippen molar-refractivity contribution in [2.24, 2.45) is 5.92 Å². The molecule has 4 rings (SSSR count). The van der Waals surface area contributed by atoms with Gasteiger partial charge in [0.05, 0.1) is 0 Å². The van der Waals surface area contributed by atoms with Crippen LogP contribution in [-0.2, 0) is 16.0 Å². The summed E-state index contributed by atoms with van der Waals surface area (Å²) in [5.74, 6) is 2.52. The van der Waals surface area contributed by atoms with Crippen molar-refractivity contribution in [3.63, 3.8) is 0 Å². The molecule has 1 unspecified atom stereocenters. The monoisotopic (exact) mass is 464 g/mol. The number of nitrogens with zero attached hydrogens (tertiary/aromatic N) is 4. The molecule has 34 heavy (non-hydrogen) atoms. The summed E-state index contributed by atoms with van der Waals surface area (Å²) in [6.45, 7) is 8.41. The molecule has 3 heterocycles. The van der Waals surface area contributed by atoms with Gasteiger partial charge in [-0.05, 0) is 61.9 Å². The maximum Gasteiger partial charge on any atom is 0.260 e. The van der Waals surface area contributed by atoms with E-state index in [2.05, 4.69) is 20.9 Å². The lowest BCUT2D eigenvalue weighted by Crippen LogP contribution is -2.50. The molecule has 2 aromatic rings. The molecule has 182 valence electrons. The fraction of sp³-hybridized carbons (Fsp3) is 0.519. The molecule has 0 N–H and O–H groups in total. The molecule has 1 amide bonds. The highest BCUT2D eigenvalue weighted by atomic mass is 16.5. The normalized spacial score (nSPS) is 19.1. The number of carbonyl (C=O) groups excluding carboxylic acids is 2. The van der Waals surface area contributed by atoms with E-state index in [0.29, 0.717) is 18.1 Å². The minimum atomic E-state index is 0.0605. The zero-order valence-electron chi connectivity index (χ0n) is 20.2. The van der Waals surface area contributed by atoms with Crippen molar-refractivity contribution >= 4 is 17.5 Å². The second-order valence-electron chi connectivity index (χ2n) is 9.46. The number of benzene rings is 1. The zero-order valence-corrected chi connectivity index (χ0v) is 20.2. The molecule has 7 heteroatoms. The first-order valence-corrected chi connectivity index (χ1v) is 12.4. The van der Waals surface area contributed by atoms with Crippen LogP contribution < -0.4 is 9.64 Å². The average Bonchev–Trinajstić information content (AvgIpc) is 2.88. The number of ether oxygens (including phenoxy) is 1. The number of amides is 1. The van der Waals surface area contributed by atoms with Gasteiger partial charge < -0.3 is 19.3 Å². The smallest absolute Gasteiger partial charge is 0.260 e. The molecule has 0 bridgehead atoms. The van der Waals surface area contributed by atoms with Gasteiger partial charge in [0.2, 0.25) is 0 Å². The van der Waals surface area contributed by atoms with Gasteiger partial charge in [0, 0.05) is 58.4 Å². The molecular formula is C27H36N4O3. The van der Waals surface area contributed by atoms with Gasteiger partial charge in [-0.25, -0.2) is 4.98 Å². The molecule has 2 fully saturated rings. The number of hydrogen-bond donors (Lipinski definition) is 0. The van der Waals surface area contributed by atoms with E-state index >= 15 is 0 Å². The molecule has 7 nitrogen and oxygen atoms in total. The SMILES string of the molecule is CC(=O)CCc1ccc(OCC(=O)N2CCCC(CN3CCN(c4ccccn4)CC3)C2)cc1. The fourth-order valence-electron chi connectivity index (χ4n) is 4.82. The Labute approximate surface area is 202 Å². The van der Waals surface area contributed by atoms with E-state index in [1.54, 1.807) is 6.92 Å². The van der Waals surface area contributed by atoms with Crippen LogP contribution in [0.2, 0.25) is 0 Å². The highest BCUT2D eigenvalue weighted by molar-refractivity contribution is 5.78. The van der Waals surface area contributed by atoms with E-state index in [1.165, 1.54) is 6.42 Å². The van der Waals surface area contributed by atoms with E-state index in [1.807, 2.05) is 47.5 Å². The predicted octanol–water partition coefficient (Wildman–Crippen LogP) is 3.04. The minimum absolute atomic E-state index is 0.0605. The first kappa shape index (κ1) is 24.2. The summed E-state index contributed by atoms with van der Waals surface area (Å²) in [5, 5.41) is 0. The molecule has 1 aromatic carbocycles. The predicted molar refractivity (Wildman–Crippen MR) is 133 cm³/mol. The summed E-state index contributed by atoms with van der Waals surface area (Å²) >= 11 is 0. The molecule has 2 aliphatic heterocycles. The van der Waals surface area contributed by atoms with Gasteiger partial charge in [0.25, 0.3) is 5.91 Å². The first-order chi connectivity index (χ1) is 16.6. The lowest BCUT2D eigenvalue weighted by atomic mass is 9.97. The van der Waals surface area contributed by atoms with Crippen molar-refractivity contribution in [3.05, 3.63) is 54.2 Å². The van der Waals surface area contributed by atoms with Crippen LogP contribution in [0.3, 0.4) is 0 Å². The summed E-state index contributed by atoms with van der Waals surface area (Å²) in [5.41, 5.74) is 1.11. The molecular weight excluding hydrogens is 428 g/mol. The van der Waals surface area contributed by atoms with Crippen molar-refractivity contribution in [2.45, 2.75) is 32.6 Å². The van der Waals surface area contributed by atoms with Crippen LogP contribution in [0.1, 0.15) is 31.7 Å². The van der Waals surface area contributed by atoms with Gasteiger partial charge in [-0.15, -0.1) is 0 Å². The van der Waals surface area contributed by atoms with E-state index in [-0.39, 0.29) is 18.3 Å². The number of hydrogen-bond acceptors (Lipinski definition) is 6. The second-order valence-corrected chi connectivity index (χ2v) is 9.46. The number of carbonyl (C=O) groups is 2. The number of Topliss-reactive ketones (excluding diaryl/α,β-unsaturated/α-hetero) is 1. The third-order valence-electron chi connectivity index (χ3n) is 6.79. The second kappa shape index (κ2) is 12.0. The Morgan fingerprint density at radius 2 is 1.82 bits per heavy atom. The van der Waals surface area contributed by atoms with Gasteiger partial charge >= 0.3 is 0 Å². The van der Waals surface area contributed by atoms with E-state index in [9.17, 15) is 9.59 Å². The van der Waals surface area contributed by atoms with Gasteiger partial charge in [0.15, 0.2) is 6.61 Å². The highest BCUT2D eigenvalue weighted by Gasteiger charge is 2.27. The van der Waals surface area contributed by atoms with Gasteiger partial charge in [-0.2, -0.15) is 0 Å². The van der Waals surface area contributed by atoms with Gasteiger partial charge in [-0.1, -0.05) is 18.2 Å². The molecule has 0 spiro atoms.